The van der Waals surface area contributed by atoms with Crippen LogP contribution in [-0.2, 0) is 19.0 Å². The van der Waals surface area contributed by atoms with Gasteiger partial charge in [0.1, 0.15) is 5.60 Å². The van der Waals surface area contributed by atoms with Crippen LogP contribution in [0.5, 0.6) is 0 Å². The first kappa shape index (κ1) is 12.4. The van der Waals surface area contributed by atoms with Gasteiger partial charge in [0.25, 0.3) is 0 Å². The molecular weight excluding hydrogens is 232 g/mol. The lowest BCUT2D eigenvalue weighted by molar-refractivity contribution is -0.149. The van der Waals surface area contributed by atoms with E-state index < -0.39 is 0 Å². The molecule has 2 heterocycles. The van der Waals surface area contributed by atoms with Crippen molar-refractivity contribution in [3.63, 3.8) is 0 Å². The van der Waals surface area contributed by atoms with E-state index in [0.717, 1.165) is 19.3 Å². The van der Waals surface area contributed by atoms with Crippen molar-refractivity contribution in [2.24, 2.45) is 5.41 Å². The lowest BCUT2D eigenvalue weighted by Gasteiger charge is -2.37. The van der Waals surface area contributed by atoms with Crippen molar-refractivity contribution in [3.8, 4) is 0 Å². The number of rotatable bonds is 1. The summed E-state index contributed by atoms with van der Waals surface area (Å²) >= 11 is 0. The van der Waals surface area contributed by atoms with Gasteiger partial charge in [0.15, 0.2) is 0 Å². The lowest BCUT2D eigenvalue weighted by Crippen LogP contribution is -2.43. The zero-order valence-electron chi connectivity index (χ0n) is 11.6. The molecule has 0 aromatic carbocycles. The standard InChI is InChI=1S/C14H22O4/c1-12(2,3)17-9-5-8-14-11(18-14)16-10(15)6-7-13(9,14)4/h9,11H,5-8H2,1-4H3/t9-,11+,13+,14+/m0/s1. The Hall–Kier alpha value is -0.610. The van der Waals surface area contributed by atoms with Gasteiger partial charge in [0, 0.05) is 11.8 Å². The summed E-state index contributed by atoms with van der Waals surface area (Å²) in [6.07, 6.45) is 3.01. The summed E-state index contributed by atoms with van der Waals surface area (Å²) in [6, 6.07) is 0. The lowest BCUT2D eigenvalue weighted by atomic mass is 9.74. The van der Waals surface area contributed by atoms with Crippen LogP contribution in [-0.4, -0.2) is 29.6 Å². The van der Waals surface area contributed by atoms with Crippen LogP contribution in [0.3, 0.4) is 0 Å². The van der Waals surface area contributed by atoms with E-state index in [2.05, 4.69) is 27.7 Å². The molecule has 1 spiro atoms. The maximum atomic E-state index is 11.5. The third-order valence-corrected chi connectivity index (χ3v) is 4.68. The fourth-order valence-electron chi connectivity index (χ4n) is 3.61. The van der Waals surface area contributed by atoms with Gasteiger partial charge in [0.2, 0.25) is 6.29 Å². The molecule has 0 unspecified atom stereocenters. The van der Waals surface area contributed by atoms with E-state index in [9.17, 15) is 4.79 Å². The molecule has 3 fully saturated rings. The quantitative estimate of drug-likeness (QED) is 0.532. The molecule has 0 radical (unpaired) electrons. The molecule has 18 heavy (non-hydrogen) atoms. The number of esters is 1. The van der Waals surface area contributed by atoms with Crippen molar-refractivity contribution in [1.82, 2.24) is 0 Å². The number of hydrogen-bond donors (Lipinski definition) is 0. The highest BCUT2D eigenvalue weighted by molar-refractivity contribution is 5.70. The summed E-state index contributed by atoms with van der Waals surface area (Å²) in [5.41, 5.74) is -0.535. The number of carbonyl (C=O) groups excluding carboxylic acids is 1. The van der Waals surface area contributed by atoms with Gasteiger partial charge >= 0.3 is 5.97 Å². The topological polar surface area (TPSA) is 48.1 Å². The molecule has 0 aromatic heterocycles. The van der Waals surface area contributed by atoms with Crippen LogP contribution in [0.25, 0.3) is 0 Å². The summed E-state index contributed by atoms with van der Waals surface area (Å²) in [4.78, 5) is 11.5. The Balaban J connectivity index is 1.86. The molecule has 102 valence electrons. The minimum absolute atomic E-state index is 0.100. The second-order valence-electron chi connectivity index (χ2n) is 7.00. The SMILES string of the molecule is CC(C)(C)O[C@H]1CC[C@@]23O[C@H]2OC(=O)CC[C@]13C. The molecule has 4 nitrogen and oxygen atoms in total. The van der Waals surface area contributed by atoms with Gasteiger partial charge < -0.3 is 14.2 Å². The van der Waals surface area contributed by atoms with Gasteiger partial charge in [-0.2, -0.15) is 0 Å². The van der Waals surface area contributed by atoms with Crippen LogP contribution < -0.4 is 0 Å². The maximum Gasteiger partial charge on any atom is 0.308 e. The molecule has 4 atom stereocenters. The molecule has 0 bridgehead atoms. The number of carbonyl (C=O) groups is 1. The van der Waals surface area contributed by atoms with Gasteiger partial charge in [-0.05, 0) is 40.0 Å². The van der Waals surface area contributed by atoms with E-state index in [-0.39, 0.29) is 35.0 Å². The summed E-state index contributed by atoms with van der Waals surface area (Å²) in [5, 5.41) is 0. The van der Waals surface area contributed by atoms with Crippen molar-refractivity contribution < 1.29 is 19.0 Å². The first-order valence-corrected chi connectivity index (χ1v) is 6.82. The predicted octanol–water partition coefficient (Wildman–Crippen LogP) is 2.40. The predicted molar refractivity (Wildman–Crippen MR) is 64.9 cm³/mol. The molecule has 2 saturated heterocycles. The molecule has 0 amide bonds. The highest BCUT2D eigenvalue weighted by atomic mass is 16.8. The molecule has 2 aliphatic heterocycles. The number of epoxide rings is 1. The third-order valence-electron chi connectivity index (χ3n) is 4.68. The van der Waals surface area contributed by atoms with E-state index in [1.165, 1.54) is 0 Å². The van der Waals surface area contributed by atoms with E-state index in [0.29, 0.717) is 6.42 Å². The van der Waals surface area contributed by atoms with Crippen LogP contribution >= 0.6 is 0 Å². The smallest absolute Gasteiger partial charge is 0.308 e. The van der Waals surface area contributed by atoms with Gasteiger partial charge in [0.05, 0.1) is 11.7 Å². The summed E-state index contributed by atoms with van der Waals surface area (Å²) < 4.78 is 17.3. The van der Waals surface area contributed by atoms with Gasteiger partial charge in [-0.25, -0.2) is 0 Å². The zero-order valence-corrected chi connectivity index (χ0v) is 11.6. The molecule has 1 saturated carbocycles. The largest absolute Gasteiger partial charge is 0.432 e. The molecule has 0 aromatic rings. The minimum atomic E-state index is -0.328. The van der Waals surface area contributed by atoms with E-state index in [1.54, 1.807) is 0 Å². The second-order valence-corrected chi connectivity index (χ2v) is 7.00. The van der Waals surface area contributed by atoms with E-state index in [1.807, 2.05) is 0 Å². The highest BCUT2D eigenvalue weighted by Gasteiger charge is 2.75. The van der Waals surface area contributed by atoms with Crippen LogP contribution in [0, 0.1) is 5.41 Å². The Morgan fingerprint density at radius 2 is 2.06 bits per heavy atom. The average molecular weight is 254 g/mol. The fraction of sp³-hybridized carbons (Fsp3) is 0.929. The van der Waals surface area contributed by atoms with Crippen molar-refractivity contribution in [2.75, 3.05) is 0 Å². The summed E-state index contributed by atoms with van der Waals surface area (Å²) in [5.74, 6) is -0.137. The number of hydrogen-bond acceptors (Lipinski definition) is 4. The van der Waals surface area contributed by atoms with Gasteiger partial charge in [-0.3, -0.25) is 4.79 Å². The Morgan fingerprint density at radius 1 is 1.33 bits per heavy atom. The van der Waals surface area contributed by atoms with Crippen LogP contribution in [0.1, 0.15) is 53.4 Å². The maximum absolute atomic E-state index is 11.5. The molecule has 3 rings (SSSR count). The van der Waals surface area contributed by atoms with Crippen molar-refractivity contribution in [1.29, 1.82) is 0 Å². The zero-order chi connectivity index (χ0) is 13.2. The average Bonchev–Trinajstić information content (AvgIpc) is 2.88. The van der Waals surface area contributed by atoms with Gasteiger partial charge in [-0.1, -0.05) is 6.92 Å². The Kier molecular flexibility index (Phi) is 2.40. The monoisotopic (exact) mass is 254 g/mol. The fourth-order valence-corrected chi connectivity index (χ4v) is 3.61. The van der Waals surface area contributed by atoms with E-state index in [4.69, 9.17) is 14.2 Å². The molecule has 1 aliphatic carbocycles. The molecule has 0 N–H and O–H groups in total. The van der Waals surface area contributed by atoms with E-state index >= 15 is 0 Å². The van der Waals surface area contributed by atoms with Crippen LogP contribution in [0.2, 0.25) is 0 Å². The first-order valence-electron chi connectivity index (χ1n) is 6.82. The highest BCUT2D eigenvalue weighted by Crippen LogP contribution is 2.65. The van der Waals surface area contributed by atoms with Crippen molar-refractivity contribution in [2.45, 2.75) is 77.0 Å². The van der Waals surface area contributed by atoms with Crippen LogP contribution in [0.4, 0.5) is 0 Å². The van der Waals surface area contributed by atoms with Crippen LogP contribution in [0.15, 0.2) is 0 Å². The minimum Gasteiger partial charge on any atom is -0.432 e. The second kappa shape index (κ2) is 3.48. The first-order chi connectivity index (χ1) is 8.27. The Morgan fingerprint density at radius 3 is 2.72 bits per heavy atom. The van der Waals surface area contributed by atoms with Gasteiger partial charge in [-0.15, -0.1) is 0 Å². The molecule has 3 aliphatic rings. The van der Waals surface area contributed by atoms with Crippen molar-refractivity contribution >= 4 is 5.97 Å². The normalized spacial score (nSPS) is 47.0. The summed E-state index contributed by atoms with van der Waals surface area (Å²) in [6.45, 7) is 8.42. The van der Waals surface area contributed by atoms with Crippen molar-refractivity contribution in [3.05, 3.63) is 0 Å². The summed E-state index contributed by atoms with van der Waals surface area (Å²) in [7, 11) is 0. The Bertz CT molecular complexity index is 386. The molecular formula is C14H22O4. The molecule has 4 heteroatoms. The third kappa shape index (κ3) is 1.62. The number of ether oxygens (including phenoxy) is 3. The Labute approximate surface area is 108 Å².